The summed E-state index contributed by atoms with van der Waals surface area (Å²) in [5.41, 5.74) is 0. The number of nitrogens with zero attached hydrogens (tertiary/aromatic N) is 1. The Bertz CT molecular complexity index is 77.4. The van der Waals surface area contributed by atoms with Gasteiger partial charge in [0.15, 0.2) is 0 Å². The minimum atomic E-state index is -0.778. The zero-order valence-corrected chi connectivity index (χ0v) is 4.36. The van der Waals surface area contributed by atoms with Gasteiger partial charge in [0.1, 0.15) is 0 Å². The normalized spacial score (nSPS) is 40.9. The Morgan fingerprint density at radius 1 is 1.12 bits per heavy atom. The van der Waals surface area contributed by atoms with Gasteiger partial charge in [0.05, 0.1) is 25.3 Å². The zero-order chi connectivity index (χ0) is 6.15. The highest BCUT2D eigenvalue weighted by molar-refractivity contribution is 4.77. The quantitative estimate of drug-likeness (QED) is 0.360. The fourth-order valence-corrected chi connectivity index (χ4v) is 0.750. The van der Waals surface area contributed by atoms with Crippen molar-refractivity contribution in [1.82, 2.24) is 5.06 Å². The van der Waals surface area contributed by atoms with E-state index in [1.165, 1.54) is 0 Å². The van der Waals surface area contributed by atoms with Crippen LogP contribution in [0.5, 0.6) is 0 Å². The number of aliphatic hydroxyl groups excluding tert-OH is 2. The first-order valence-corrected chi connectivity index (χ1v) is 2.50. The monoisotopic (exact) mass is 119 g/mol. The predicted octanol–water partition coefficient (Wildman–Crippen LogP) is -1.59. The Labute approximate surface area is 46.9 Å². The predicted molar refractivity (Wildman–Crippen MR) is 25.4 cm³/mol. The molecule has 0 aromatic heterocycles. The largest absolute Gasteiger partial charge is 0.389 e. The molecule has 3 N–H and O–H groups in total. The summed E-state index contributed by atoms with van der Waals surface area (Å²) in [6, 6.07) is 0. The molecule has 0 bridgehead atoms. The van der Waals surface area contributed by atoms with Crippen molar-refractivity contribution < 1.29 is 15.4 Å². The Hall–Kier alpha value is -0.160. The van der Waals surface area contributed by atoms with Crippen LogP contribution >= 0.6 is 0 Å². The summed E-state index contributed by atoms with van der Waals surface area (Å²) < 4.78 is 0. The maximum Gasteiger partial charge on any atom is 0.0962 e. The van der Waals surface area contributed by atoms with Gasteiger partial charge in [0.25, 0.3) is 0 Å². The van der Waals surface area contributed by atoms with Crippen LogP contribution in [0.1, 0.15) is 0 Å². The molecule has 1 rings (SSSR count). The second kappa shape index (κ2) is 1.99. The Morgan fingerprint density at radius 3 is 1.62 bits per heavy atom. The number of aliphatic hydroxyl groups is 2. The fourth-order valence-electron chi connectivity index (χ4n) is 0.750. The Morgan fingerprint density at radius 2 is 1.50 bits per heavy atom. The molecule has 0 aromatic rings. The third-order valence-corrected chi connectivity index (χ3v) is 1.24. The van der Waals surface area contributed by atoms with Gasteiger partial charge in [0, 0.05) is 0 Å². The van der Waals surface area contributed by atoms with Gasteiger partial charge in [-0.15, -0.1) is 0 Å². The van der Waals surface area contributed by atoms with Crippen molar-refractivity contribution in [1.29, 1.82) is 0 Å². The van der Waals surface area contributed by atoms with E-state index in [2.05, 4.69) is 0 Å². The van der Waals surface area contributed by atoms with Crippen LogP contribution in [-0.4, -0.2) is 45.8 Å². The van der Waals surface area contributed by atoms with E-state index < -0.39 is 12.2 Å². The van der Waals surface area contributed by atoms with Gasteiger partial charge in [-0.05, 0) is 0 Å². The van der Waals surface area contributed by atoms with Gasteiger partial charge < -0.3 is 15.4 Å². The minimum Gasteiger partial charge on any atom is -0.389 e. The first-order chi connectivity index (χ1) is 3.70. The second-order valence-corrected chi connectivity index (χ2v) is 2.01. The minimum absolute atomic E-state index is 0.154. The standard InChI is InChI=1S/C4H9NO3/c6-3-1-5(8)2-4(3)7/h3-4,6-8H,1-2H2. The lowest BCUT2D eigenvalue weighted by molar-refractivity contribution is -0.0789. The second-order valence-electron chi connectivity index (χ2n) is 2.01. The van der Waals surface area contributed by atoms with E-state index in [1.54, 1.807) is 0 Å². The molecule has 4 heteroatoms. The lowest BCUT2D eigenvalue weighted by Crippen LogP contribution is -2.22. The number of hydroxylamine groups is 2. The summed E-state index contributed by atoms with van der Waals surface area (Å²) >= 11 is 0. The lowest BCUT2D eigenvalue weighted by Gasteiger charge is -2.01. The van der Waals surface area contributed by atoms with E-state index in [1.807, 2.05) is 0 Å². The van der Waals surface area contributed by atoms with Crippen LogP contribution < -0.4 is 0 Å². The summed E-state index contributed by atoms with van der Waals surface area (Å²) in [7, 11) is 0. The summed E-state index contributed by atoms with van der Waals surface area (Å²) in [4.78, 5) is 0. The summed E-state index contributed by atoms with van der Waals surface area (Å²) in [6.45, 7) is 0.308. The molecule has 48 valence electrons. The average molecular weight is 119 g/mol. The lowest BCUT2D eigenvalue weighted by atomic mass is 10.3. The van der Waals surface area contributed by atoms with Crippen molar-refractivity contribution in [2.75, 3.05) is 13.1 Å². The van der Waals surface area contributed by atoms with Gasteiger partial charge >= 0.3 is 0 Å². The van der Waals surface area contributed by atoms with Crippen molar-refractivity contribution in [3.63, 3.8) is 0 Å². The summed E-state index contributed by atoms with van der Waals surface area (Å²) in [5.74, 6) is 0. The van der Waals surface area contributed by atoms with Crippen molar-refractivity contribution in [3.8, 4) is 0 Å². The highest BCUT2D eigenvalue weighted by atomic mass is 16.5. The van der Waals surface area contributed by atoms with Gasteiger partial charge in [-0.1, -0.05) is 0 Å². The average Bonchev–Trinajstić information content (AvgIpc) is 1.85. The summed E-state index contributed by atoms with van der Waals surface area (Å²) in [6.07, 6.45) is -1.56. The third kappa shape index (κ3) is 0.976. The SMILES string of the molecule is OC1CN(O)CC1O. The van der Waals surface area contributed by atoms with E-state index in [9.17, 15) is 0 Å². The van der Waals surface area contributed by atoms with Crippen molar-refractivity contribution in [3.05, 3.63) is 0 Å². The Balaban J connectivity index is 2.39. The number of β-amino-alcohol motifs (C(OH)–C–C–N with tert-alkyl or cyclic N) is 2. The molecule has 0 amide bonds. The molecule has 4 nitrogen and oxygen atoms in total. The van der Waals surface area contributed by atoms with Crippen LogP contribution in [-0.2, 0) is 0 Å². The first-order valence-electron chi connectivity index (χ1n) is 2.50. The molecule has 1 heterocycles. The molecule has 0 saturated carbocycles. The number of rotatable bonds is 0. The molecule has 0 aromatic carbocycles. The molecule has 8 heavy (non-hydrogen) atoms. The van der Waals surface area contributed by atoms with Gasteiger partial charge in [-0.25, -0.2) is 0 Å². The third-order valence-electron chi connectivity index (χ3n) is 1.24. The topological polar surface area (TPSA) is 63.9 Å². The number of hydrogen-bond acceptors (Lipinski definition) is 4. The van der Waals surface area contributed by atoms with Gasteiger partial charge in [-0.2, -0.15) is 5.06 Å². The van der Waals surface area contributed by atoms with E-state index in [4.69, 9.17) is 15.4 Å². The van der Waals surface area contributed by atoms with Crippen LogP contribution in [0.4, 0.5) is 0 Å². The van der Waals surface area contributed by atoms with Crippen LogP contribution in [0.15, 0.2) is 0 Å². The fraction of sp³-hybridized carbons (Fsp3) is 1.00. The molecule has 2 atom stereocenters. The molecule has 1 saturated heterocycles. The molecule has 0 spiro atoms. The van der Waals surface area contributed by atoms with E-state index in [0.29, 0.717) is 0 Å². The van der Waals surface area contributed by atoms with E-state index in [0.717, 1.165) is 5.06 Å². The number of hydrogen-bond donors (Lipinski definition) is 3. The molecular formula is C4H9NO3. The van der Waals surface area contributed by atoms with Crippen LogP contribution in [0.25, 0.3) is 0 Å². The highest BCUT2D eigenvalue weighted by Gasteiger charge is 2.27. The van der Waals surface area contributed by atoms with Crippen molar-refractivity contribution in [2.24, 2.45) is 0 Å². The maximum atomic E-state index is 8.72. The van der Waals surface area contributed by atoms with Gasteiger partial charge in [0.2, 0.25) is 0 Å². The molecule has 0 radical (unpaired) electrons. The molecule has 2 unspecified atom stereocenters. The Kier molecular flexibility index (Phi) is 1.48. The zero-order valence-electron chi connectivity index (χ0n) is 4.36. The molecule has 1 aliphatic heterocycles. The van der Waals surface area contributed by atoms with Crippen molar-refractivity contribution in [2.45, 2.75) is 12.2 Å². The van der Waals surface area contributed by atoms with E-state index in [-0.39, 0.29) is 13.1 Å². The molecule has 0 aliphatic carbocycles. The molecule has 1 fully saturated rings. The highest BCUT2D eigenvalue weighted by Crippen LogP contribution is 2.05. The van der Waals surface area contributed by atoms with Crippen LogP contribution in [0.2, 0.25) is 0 Å². The smallest absolute Gasteiger partial charge is 0.0962 e. The van der Waals surface area contributed by atoms with Crippen LogP contribution in [0, 0.1) is 0 Å². The molecule has 1 aliphatic rings. The van der Waals surface area contributed by atoms with Crippen LogP contribution in [0.3, 0.4) is 0 Å². The summed E-state index contributed by atoms with van der Waals surface area (Å²) in [5, 5.41) is 26.9. The molecular weight excluding hydrogens is 110 g/mol. The van der Waals surface area contributed by atoms with Gasteiger partial charge in [-0.3, -0.25) is 0 Å². The maximum absolute atomic E-state index is 8.72. The van der Waals surface area contributed by atoms with Crippen molar-refractivity contribution >= 4 is 0 Å². The van der Waals surface area contributed by atoms with E-state index >= 15 is 0 Å². The first kappa shape index (κ1) is 5.97.